The van der Waals surface area contributed by atoms with Crippen LogP contribution in [0.3, 0.4) is 0 Å². The molecule has 34 heavy (non-hydrogen) atoms. The van der Waals surface area contributed by atoms with Gasteiger partial charge in [-0.15, -0.1) is 0 Å². The van der Waals surface area contributed by atoms with Crippen LogP contribution in [0.25, 0.3) is 11.1 Å². The van der Waals surface area contributed by atoms with E-state index in [1.54, 1.807) is 0 Å². The first-order valence-electron chi connectivity index (χ1n) is 12.8. The summed E-state index contributed by atoms with van der Waals surface area (Å²) < 4.78 is 0. The van der Waals surface area contributed by atoms with Gasteiger partial charge in [0.05, 0.1) is 0 Å². The van der Waals surface area contributed by atoms with Gasteiger partial charge in [-0.25, -0.2) is 0 Å². The fourth-order valence-corrected chi connectivity index (χ4v) is 7.39. The van der Waals surface area contributed by atoms with Crippen molar-refractivity contribution in [2.75, 3.05) is 19.6 Å². The van der Waals surface area contributed by atoms with Gasteiger partial charge in [-0.3, -0.25) is 9.80 Å². The molecule has 1 aliphatic heterocycles. The Morgan fingerprint density at radius 2 is 1.68 bits per heavy atom. The second-order valence-corrected chi connectivity index (χ2v) is 11.8. The van der Waals surface area contributed by atoms with Crippen LogP contribution in [0.4, 0.5) is 0 Å². The van der Waals surface area contributed by atoms with Gasteiger partial charge in [-0.2, -0.15) is 0 Å². The molecule has 3 heteroatoms. The van der Waals surface area contributed by atoms with Gasteiger partial charge < -0.3 is 0 Å². The molecule has 0 saturated carbocycles. The molecule has 6 rings (SSSR count). The normalized spacial score (nSPS) is 23.7. The van der Waals surface area contributed by atoms with Gasteiger partial charge in [0.2, 0.25) is 0 Å². The summed E-state index contributed by atoms with van der Waals surface area (Å²) in [5.74, 6) is 0.407. The Kier molecular flexibility index (Phi) is 5.40. The van der Waals surface area contributed by atoms with E-state index in [2.05, 4.69) is 98.2 Å². The molecule has 0 bridgehead atoms. The summed E-state index contributed by atoms with van der Waals surface area (Å²) in [6.45, 7) is 12.8. The van der Waals surface area contributed by atoms with Gasteiger partial charge >= 0.3 is 0 Å². The lowest BCUT2D eigenvalue weighted by Crippen LogP contribution is -2.61. The van der Waals surface area contributed by atoms with Crippen LogP contribution in [0.2, 0.25) is 5.02 Å². The fourth-order valence-electron chi connectivity index (χ4n) is 7.21. The summed E-state index contributed by atoms with van der Waals surface area (Å²) in [6, 6.07) is 23.6. The number of piperazine rings is 1. The zero-order valence-corrected chi connectivity index (χ0v) is 21.6. The Balaban J connectivity index is 1.40. The maximum Gasteiger partial charge on any atom is 0.0409 e. The van der Waals surface area contributed by atoms with Crippen LogP contribution in [-0.4, -0.2) is 41.0 Å². The molecule has 0 spiro atoms. The molecule has 2 nitrogen and oxygen atoms in total. The largest absolute Gasteiger partial charge is 0.293 e. The SMILES string of the molecule is CC(C)N1CCN([C@@H]2C[C@@H](c3cccc4c3-c3ccccc3C4)c3ccc(Cl)cc32)CC1(C)C. The molecule has 0 radical (unpaired) electrons. The molecule has 1 fully saturated rings. The Morgan fingerprint density at radius 3 is 2.47 bits per heavy atom. The van der Waals surface area contributed by atoms with Crippen molar-refractivity contribution >= 4 is 11.6 Å². The van der Waals surface area contributed by atoms with Gasteiger partial charge in [0.1, 0.15) is 0 Å². The van der Waals surface area contributed by atoms with E-state index < -0.39 is 0 Å². The van der Waals surface area contributed by atoms with E-state index >= 15 is 0 Å². The van der Waals surface area contributed by atoms with Gasteiger partial charge in [-0.1, -0.05) is 60.1 Å². The average Bonchev–Trinajstić information content (AvgIpc) is 3.36. The van der Waals surface area contributed by atoms with Crippen molar-refractivity contribution in [3.05, 3.63) is 93.5 Å². The molecule has 3 aromatic carbocycles. The topological polar surface area (TPSA) is 6.48 Å². The van der Waals surface area contributed by atoms with Crippen molar-refractivity contribution in [1.29, 1.82) is 0 Å². The van der Waals surface area contributed by atoms with Crippen LogP contribution in [0.5, 0.6) is 0 Å². The Labute approximate surface area is 209 Å². The van der Waals surface area contributed by atoms with Crippen LogP contribution in [0, 0.1) is 0 Å². The van der Waals surface area contributed by atoms with Crippen LogP contribution in [-0.2, 0) is 6.42 Å². The number of hydrogen-bond acceptors (Lipinski definition) is 2. The van der Waals surface area contributed by atoms with Crippen LogP contribution >= 0.6 is 11.6 Å². The maximum absolute atomic E-state index is 6.58. The van der Waals surface area contributed by atoms with Gasteiger partial charge in [0, 0.05) is 48.2 Å². The monoisotopic (exact) mass is 470 g/mol. The number of hydrogen-bond donors (Lipinski definition) is 0. The molecule has 1 heterocycles. The second kappa shape index (κ2) is 8.22. The molecule has 2 atom stereocenters. The molecule has 0 aromatic heterocycles. The Hall–Kier alpha value is -2.13. The summed E-state index contributed by atoms with van der Waals surface area (Å²) in [5, 5.41) is 0.855. The third kappa shape index (κ3) is 3.54. The summed E-state index contributed by atoms with van der Waals surface area (Å²) in [7, 11) is 0. The smallest absolute Gasteiger partial charge is 0.0409 e. The summed E-state index contributed by atoms with van der Waals surface area (Å²) >= 11 is 6.58. The van der Waals surface area contributed by atoms with Crippen molar-refractivity contribution in [3.63, 3.8) is 0 Å². The van der Waals surface area contributed by atoms with Crippen LogP contribution in [0.15, 0.2) is 60.7 Å². The summed E-state index contributed by atoms with van der Waals surface area (Å²) in [4.78, 5) is 5.40. The van der Waals surface area contributed by atoms with Crippen LogP contribution in [0.1, 0.15) is 73.9 Å². The van der Waals surface area contributed by atoms with E-state index in [-0.39, 0.29) is 5.54 Å². The third-order valence-corrected chi connectivity index (χ3v) is 8.76. The van der Waals surface area contributed by atoms with Gasteiger partial charge in [-0.05, 0) is 91.6 Å². The predicted molar refractivity (Wildman–Crippen MR) is 143 cm³/mol. The molecule has 1 saturated heterocycles. The minimum Gasteiger partial charge on any atom is -0.293 e. The quantitative estimate of drug-likeness (QED) is 0.310. The number of fused-ring (bicyclic) bond motifs is 4. The molecule has 3 aliphatic rings. The second-order valence-electron chi connectivity index (χ2n) is 11.4. The zero-order chi connectivity index (χ0) is 23.6. The molecule has 176 valence electrons. The standard InChI is InChI=1S/C31H35ClN2/c1-20(2)34-15-14-33(19-31(34,3)4)29-18-27(25-13-12-23(32)17-28(25)29)26-11-7-9-22-16-21-8-5-6-10-24(21)30(22)26/h5-13,17,20,27,29H,14-16,18-19H2,1-4H3/t27-,29-/m1/s1. The van der Waals surface area contributed by atoms with Crippen molar-refractivity contribution in [2.24, 2.45) is 0 Å². The molecule has 0 unspecified atom stereocenters. The summed E-state index contributed by atoms with van der Waals surface area (Å²) in [5.41, 5.74) is 10.4. The minimum atomic E-state index is 0.163. The van der Waals surface area contributed by atoms with E-state index in [4.69, 9.17) is 11.6 Å². The van der Waals surface area contributed by atoms with E-state index in [1.807, 2.05) is 0 Å². The number of halogens is 1. The first-order chi connectivity index (χ1) is 16.3. The highest BCUT2D eigenvalue weighted by Crippen LogP contribution is 2.52. The lowest BCUT2D eigenvalue weighted by atomic mass is 9.86. The molecule has 0 N–H and O–H groups in total. The van der Waals surface area contributed by atoms with Crippen molar-refractivity contribution < 1.29 is 0 Å². The van der Waals surface area contributed by atoms with E-state index in [1.165, 1.54) is 38.9 Å². The van der Waals surface area contributed by atoms with Crippen molar-refractivity contribution in [1.82, 2.24) is 9.80 Å². The lowest BCUT2D eigenvalue weighted by Gasteiger charge is -2.51. The highest BCUT2D eigenvalue weighted by molar-refractivity contribution is 6.30. The highest BCUT2D eigenvalue weighted by atomic mass is 35.5. The average molecular weight is 471 g/mol. The van der Waals surface area contributed by atoms with E-state index in [0.717, 1.165) is 37.5 Å². The summed E-state index contributed by atoms with van der Waals surface area (Å²) in [6.07, 6.45) is 2.18. The first-order valence-corrected chi connectivity index (χ1v) is 13.2. The zero-order valence-electron chi connectivity index (χ0n) is 20.8. The van der Waals surface area contributed by atoms with E-state index in [9.17, 15) is 0 Å². The van der Waals surface area contributed by atoms with Crippen molar-refractivity contribution in [3.8, 4) is 11.1 Å². The fraction of sp³-hybridized carbons (Fsp3) is 0.419. The number of benzene rings is 3. The maximum atomic E-state index is 6.58. The van der Waals surface area contributed by atoms with Gasteiger partial charge in [0.25, 0.3) is 0 Å². The number of nitrogens with zero attached hydrogens (tertiary/aromatic N) is 2. The van der Waals surface area contributed by atoms with Crippen LogP contribution < -0.4 is 0 Å². The Morgan fingerprint density at radius 1 is 0.882 bits per heavy atom. The molecular formula is C31H35ClN2. The molecule has 0 amide bonds. The first kappa shape index (κ1) is 22.3. The molecule has 3 aromatic rings. The van der Waals surface area contributed by atoms with Gasteiger partial charge in [0.15, 0.2) is 0 Å². The Bertz CT molecular complexity index is 1240. The van der Waals surface area contributed by atoms with Crippen molar-refractivity contribution in [2.45, 2.75) is 64.1 Å². The lowest BCUT2D eigenvalue weighted by molar-refractivity contribution is -0.0192. The third-order valence-electron chi connectivity index (χ3n) is 8.53. The number of rotatable bonds is 3. The predicted octanol–water partition coefficient (Wildman–Crippen LogP) is 7.29. The molecule has 2 aliphatic carbocycles. The van der Waals surface area contributed by atoms with E-state index in [0.29, 0.717) is 18.0 Å². The minimum absolute atomic E-state index is 0.163. The highest BCUT2D eigenvalue weighted by Gasteiger charge is 2.42. The molecular weight excluding hydrogens is 436 g/mol.